The van der Waals surface area contributed by atoms with Crippen LogP contribution in [0.3, 0.4) is 0 Å². The Balaban J connectivity index is 1.97. The number of pyridine rings is 1. The van der Waals surface area contributed by atoms with Crippen LogP contribution in [-0.4, -0.2) is 37.1 Å². The number of aromatic nitrogens is 1. The second kappa shape index (κ2) is 7.66. The summed E-state index contributed by atoms with van der Waals surface area (Å²) < 4.78 is 10.7. The van der Waals surface area contributed by atoms with Crippen LogP contribution in [-0.2, 0) is 0 Å². The van der Waals surface area contributed by atoms with Crippen LogP contribution in [0.4, 0.5) is 0 Å². The van der Waals surface area contributed by atoms with Crippen LogP contribution in [0.25, 0.3) is 10.9 Å². The molecule has 0 aliphatic carbocycles. The van der Waals surface area contributed by atoms with Crippen molar-refractivity contribution in [1.82, 2.24) is 9.88 Å². The molecule has 0 aliphatic heterocycles. The number of rotatable bonds is 5. The van der Waals surface area contributed by atoms with Crippen molar-refractivity contribution in [2.45, 2.75) is 19.9 Å². The summed E-state index contributed by atoms with van der Waals surface area (Å²) in [5.74, 6) is 1.42. The molecule has 0 aliphatic rings. The average Bonchev–Trinajstić information content (AvgIpc) is 2.71. The molecule has 1 heterocycles. The van der Waals surface area contributed by atoms with Crippen molar-refractivity contribution in [1.29, 1.82) is 0 Å². The van der Waals surface area contributed by atoms with Gasteiger partial charge in [0.15, 0.2) is 0 Å². The number of benzene rings is 2. The average molecular weight is 364 g/mol. The molecule has 5 heteroatoms. The number of ether oxygens (including phenoxy) is 2. The highest BCUT2D eigenvalue weighted by Gasteiger charge is 2.23. The minimum Gasteiger partial charge on any atom is -0.497 e. The zero-order chi connectivity index (χ0) is 19.6. The Bertz CT molecular complexity index is 984. The van der Waals surface area contributed by atoms with Crippen LogP contribution >= 0.6 is 0 Å². The molecule has 1 amide bonds. The number of amides is 1. The van der Waals surface area contributed by atoms with E-state index in [-0.39, 0.29) is 11.9 Å². The highest BCUT2D eigenvalue weighted by atomic mass is 16.5. The van der Waals surface area contributed by atoms with Crippen molar-refractivity contribution in [3.8, 4) is 11.5 Å². The first-order chi connectivity index (χ1) is 13.0. The SMILES string of the molecule is COc1ccc2nc(C)c(C(=O)N(C)[C@@H](C)c3ccccc3OC)cc2c1. The number of para-hydroxylation sites is 1. The van der Waals surface area contributed by atoms with Crippen LogP contribution in [0.15, 0.2) is 48.5 Å². The van der Waals surface area contributed by atoms with Gasteiger partial charge in [-0.3, -0.25) is 9.78 Å². The normalized spacial score (nSPS) is 11.9. The van der Waals surface area contributed by atoms with E-state index in [0.29, 0.717) is 11.3 Å². The quantitative estimate of drug-likeness (QED) is 0.674. The minimum absolute atomic E-state index is 0.0804. The Kier molecular flexibility index (Phi) is 5.31. The molecular formula is C22H24N2O3. The van der Waals surface area contributed by atoms with Crippen LogP contribution in [0, 0.1) is 6.92 Å². The van der Waals surface area contributed by atoms with Gasteiger partial charge in [0.25, 0.3) is 5.91 Å². The molecule has 5 nitrogen and oxygen atoms in total. The maximum atomic E-state index is 13.2. The van der Waals surface area contributed by atoms with Gasteiger partial charge in [-0.05, 0) is 44.2 Å². The molecule has 0 spiro atoms. The zero-order valence-corrected chi connectivity index (χ0v) is 16.3. The lowest BCUT2D eigenvalue weighted by Crippen LogP contribution is -2.30. The van der Waals surface area contributed by atoms with Crippen LogP contribution < -0.4 is 9.47 Å². The Morgan fingerprint density at radius 3 is 2.52 bits per heavy atom. The van der Waals surface area contributed by atoms with E-state index in [9.17, 15) is 4.79 Å². The molecule has 1 aromatic heterocycles. The number of fused-ring (bicyclic) bond motifs is 1. The third-order valence-electron chi connectivity index (χ3n) is 4.93. The summed E-state index contributed by atoms with van der Waals surface area (Å²) in [6, 6.07) is 15.1. The van der Waals surface area contributed by atoms with E-state index in [2.05, 4.69) is 4.98 Å². The smallest absolute Gasteiger partial charge is 0.255 e. The first-order valence-corrected chi connectivity index (χ1v) is 8.81. The van der Waals surface area contributed by atoms with Gasteiger partial charge in [0.05, 0.1) is 37.0 Å². The fourth-order valence-electron chi connectivity index (χ4n) is 3.18. The molecule has 0 saturated carbocycles. The lowest BCUT2D eigenvalue weighted by atomic mass is 10.0. The molecule has 0 N–H and O–H groups in total. The van der Waals surface area contributed by atoms with Gasteiger partial charge in [0.2, 0.25) is 0 Å². The number of methoxy groups -OCH3 is 2. The highest BCUT2D eigenvalue weighted by molar-refractivity contribution is 5.99. The fraction of sp³-hybridized carbons (Fsp3) is 0.273. The first-order valence-electron chi connectivity index (χ1n) is 8.81. The molecule has 27 heavy (non-hydrogen) atoms. The van der Waals surface area contributed by atoms with Crippen LogP contribution in [0.5, 0.6) is 11.5 Å². The van der Waals surface area contributed by atoms with Gasteiger partial charge in [0.1, 0.15) is 11.5 Å². The molecule has 3 rings (SSSR count). The molecule has 0 bridgehead atoms. The number of hydrogen-bond acceptors (Lipinski definition) is 4. The van der Waals surface area contributed by atoms with E-state index in [1.807, 2.05) is 62.4 Å². The number of carbonyl (C=O) groups is 1. The summed E-state index contributed by atoms with van der Waals surface area (Å²) in [7, 11) is 5.06. The van der Waals surface area contributed by atoms with Crippen molar-refractivity contribution in [3.05, 3.63) is 65.4 Å². The number of aryl methyl sites for hydroxylation is 1. The lowest BCUT2D eigenvalue weighted by Gasteiger charge is -2.27. The van der Waals surface area contributed by atoms with Crippen molar-refractivity contribution < 1.29 is 14.3 Å². The fourth-order valence-corrected chi connectivity index (χ4v) is 3.18. The standard InChI is InChI=1S/C22H24N2O3/c1-14-19(13-16-12-17(26-4)10-11-20(16)23-14)22(25)24(3)15(2)18-8-6-7-9-21(18)27-5/h6-13,15H,1-5H3/t15-/m0/s1. The molecule has 0 saturated heterocycles. The number of hydrogen-bond donors (Lipinski definition) is 0. The van der Waals surface area contributed by atoms with Crippen molar-refractivity contribution in [2.75, 3.05) is 21.3 Å². The number of nitrogens with zero attached hydrogens (tertiary/aromatic N) is 2. The van der Waals surface area contributed by atoms with E-state index in [1.165, 1.54) is 0 Å². The van der Waals surface area contributed by atoms with Gasteiger partial charge < -0.3 is 14.4 Å². The first kappa shape index (κ1) is 18.7. The number of carbonyl (C=O) groups excluding carboxylic acids is 1. The minimum atomic E-state index is -0.144. The van der Waals surface area contributed by atoms with E-state index < -0.39 is 0 Å². The third kappa shape index (κ3) is 3.58. The van der Waals surface area contributed by atoms with Gasteiger partial charge in [-0.25, -0.2) is 0 Å². The Hall–Kier alpha value is -3.08. The predicted molar refractivity (Wildman–Crippen MR) is 107 cm³/mol. The molecular weight excluding hydrogens is 340 g/mol. The second-order valence-corrected chi connectivity index (χ2v) is 6.51. The van der Waals surface area contributed by atoms with Crippen LogP contribution in [0.2, 0.25) is 0 Å². The summed E-state index contributed by atoms with van der Waals surface area (Å²) in [5, 5.41) is 0.877. The van der Waals surface area contributed by atoms with Gasteiger partial charge >= 0.3 is 0 Å². The summed E-state index contributed by atoms with van der Waals surface area (Å²) in [5.41, 5.74) is 3.09. The zero-order valence-electron chi connectivity index (χ0n) is 16.3. The Morgan fingerprint density at radius 2 is 1.81 bits per heavy atom. The summed E-state index contributed by atoms with van der Waals surface area (Å²) in [4.78, 5) is 19.5. The van der Waals surface area contributed by atoms with Gasteiger partial charge in [-0.2, -0.15) is 0 Å². The largest absolute Gasteiger partial charge is 0.497 e. The molecule has 3 aromatic rings. The van der Waals surface area contributed by atoms with E-state index in [1.54, 1.807) is 26.2 Å². The predicted octanol–water partition coefficient (Wildman–Crippen LogP) is 4.39. The molecule has 2 aromatic carbocycles. The van der Waals surface area contributed by atoms with Crippen molar-refractivity contribution in [2.24, 2.45) is 0 Å². The maximum Gasteiger partial charge on any atom is 0.255 e. The van der Waals surface area contributed by atoms with Gasteiger partial charge in [-0.15, -0.1) is 0 Å². The molecule has 0 radical (unpaired) electrons. The van der Waals surface area contributed by atoms with E-state index >= 15 is 0 Å². The monoisotopic (exact) mass is 364 g/mol. The highest BCUT2D eigenvalue weighted by Crippen LogP contribution is 2.30. The summed E-state index contributed by atoms with van der Waals surface area (Å²) in [6.45, 7) is 3.85. The summed E-state index contributed by atoms with van der Waals surface area (Å²) in [6.07, 6.45) is 0. The van der Waals surface area contributed by atoms with Crippen molar-refractivity contribution >= 4 is 16.8 Å². The maximum absolute atomic E-state index is 13.2. The topological polar surface area (TPSA) is 51.7 Å². The second-order valence-electron chi connectivity index (χ2n) is 6.51. The third-order valence-corrected chi connectivity index (χ3v) is 4.93. The van der Waals surface area contributed by atoms with Gasteiger partial charge in [0, 0.05) is 18.0 Å². The molecule has 1 atom stereocenters. The Morgan fingerprint density at radius 1 is 1.07 bits per heavy atom. The van der Waals surface area contributed by atoms with Crippen LogP contribution in [0.1, 0.15) is 34.6 Å². The molecule has 140 valence electrons. The lowest BCUT2D eigenvalue weighted by molar-refractivity contribution is 0.0740. The summed E-state index contributed by atoms with van der Waals surface area (Å²) >= 11 is 0. The Labute approximate surface area is 159 Å². The molecule has 0 fully saturated rings. The van der Waals surface area contributed by atoms with E-state index in [4.69, 9.17) is 9.47 Å². The van der Waals surface area contributed by atoms with Gasteiger partial charge in [-0.1, -0.05) is 18.2 Å². The molecule has 0 unspecified atom stereocenters. The van der Waals surface area contributed by atoms with Crippen molar-refractivity contribution in [3.63, 3.8) is 0 Å². The van der Waals surface area contributed by atoms with E-state index in [0.717, 1.165) is 28.0 Å².